The van der Waals surface area contributed by atoms with E-state index in [2.05, 4.69) is 4.72 Å². The first-order chi connectivity index (χ1) is 13.6. The minimum Gasteiger partial charge on any atom is -0.340 e. The Labute approximate surface area is 184 Å². The third-order valence-corrected chi connectivity index (χ3v) is 6.93. The first-order valence-electron chi connectivity index (χ1n) is 8.60. The van der Waals surface area contributed by atoms with Crippen LogP contribution in [-0.4, -0.2) is 44.3 Å². The van der Waals surface area contributed by atoms with Gasteiger partial charge in [0.15, 0.2) is 0 Å². The largest absolute Gasteiger partial charge is 0.340 e. The fourth-order valence-corrected chi connectivity index (χ4v) is 5.07. The molecule has 1 atom stereocenters. The molecule has 2 rings (SSSR count). The molecule has 29 heavy (non-hydrogen) atoms. The number of hydrogen-bond acceptors (Lipinski definition) is 4. The Morgan fingerprint density at radius 3 is 2.48 bits per heavy atom. The van der Waals surface area contributed by atoms with Crippen LogP contribution in [0, 0.1) is 5.82 Å². The van der Waals surface area contributed by atoms with Crippen LogP contribution in [0.15, 0.2) is 47.4 Å². The molecule has 0 saturated heterocycles. The summed E-state index contributed by atoms with van der Waals surface area (Å²) in [5.74, 6) is -0.191. The Balaban J connectivity index is 2.21. The van der Waals surface area contributed by atoms with Crippen molar-refractivity contribution in [2.24, 2.45) is 0 Å². The fraction of sp³-hybridized carbons (Fsp3) is 0.316. The summed E-state index contributed by atoms with van der Waals surface area (Å²) in [7, 11) is -2.50. The summed E-state index contributed by atoms with van der Waals surface area (Å²) in [6.07, 6.45) is 2.16. The van der Waals surface area contributed by atoms with E-state index < -0.39 is 22.0 Å². The van der Waals surface area contributed by atoms with Crippen molar-refractivity contribution in [3.05, 3.63) is 63.9 Å². The molecule has 0 fully saturated rings. The molecule has 1 amide bonds. The Hall–Kier alpha value is -1.32. The van der Waals surface area contributed by atoms with Gasteiger partial charge in [-0.3, -0.25) is 4.79 Å². The van der Waals surface area contributed by atoms with Gasteiger partial charge in [0.1, 0.15) is 16.8 Å². The van der Waals surface area contributed by atoms with E-state index in [0.29, 0.717) is 12.2 Å². The highest BCUT2D eigenvalue weighted by Crippen LogP contribution is 2.25. The van der Waals surface area contributed by atoms with E-state index in [1.54, 1.807) is 19.2 Å². The van der Waals surface area contributed by atoms with E-state index in [4.69, 9.17) is 23.2 Å². The maximum atomic E-state index is 13.1. The van der Waals surface area contributed by atoms with Crippen LogP contribution < -0.4 is 4.72 Å². The number of benzene rings is 2. The van der Waals surface area contributed by atoms with Gasteiger partial charge in [-0.1, -0.05) is 35.3 Å². The van der Waals surface area contributed by atoms with Crippen LogP contribution >= 0.6 is 35.0 Å². The molecule has 2 aromatic rings. The molecule has 0 aliphatic rings. The first-order valence-corrected chi connectivity index (χ1v) is 12.2. The number of likely N-dealkylation sites (N-methyl/N-ethyl adjacent to an activating group) is 1. The van der Waals surface area contributed by atoms with Crippen LogP contribution in [0.25, 0.3) is 0 Å². The normalized spacial score (nSPS) is 12.6. The van der Waals surface area contributed by atoms with Gasteiger partial charge in [0.2, 0.25) is 15.9 Å². The number of thioether (sulfide) groups is 1. The van der Waals surface area contributed by atoms with Crippen LogP contribution in [0.3, 0.4) is 0 Å². The molecule has 158 valence electrons. The average Bonchev–Trinajstić information content (AvgIpc) is 2.68. The number of sulfonamides is 1. The van der Waals surface area contributed by atoms with Gasteiger partial charge in [-0.25, -0.2) is 12.8 Å². The van der Waals surface area contributed by atoms with Crippen molar-refractivity contribution in [2.45, 2.75) is 23.9 Å². The maximum Gasteiger partial charge on any atom is 0.242 e. The summed E-state index contributed by atoms with van der Waals surface area (Å²) in [6, 6.07) is 8.90. The zero-order valence-corrected chi connectivity index (χ0v) is 19.0. The predicted molar refractivity (Wildman–Crippen MR) is 116 cm³/mol. The third kappa shape index (κ3) is 6.86. The van der Waals surface area contributed by atoms with Crippen LogP contribution in [0.1, 0.15) is 12.0 Å². The van der Waals surface area contributed by atoms with Crippen LogP contribution in [-0.2, 0) is 21.4 Å². The number of nitrogens with zero attached hydrogens (tertiary/aromatic N) is 1. The number of halogens is 3. The Bertz CT molecular complexity index is 956. The standard InChI is InChI=1S/C19H21Cl2FN2O3S2/c1-24(12-13-3-6-15(22)7-4-13)19(25)17(9-10-28-2)23-29(26,27)18-11-14(20)5-8-16(18)21/h3-8,11,17,23H,9-10,12H2,1-2H3. The van der Waals surface area contributed by atoms with E-state index in [1.807, 2.05) is 6.26 Å². The summed E-state index contributed by atoms with van der Waals surface area (Å²) in [6.45, 7) is 0.217. The Kier molecular flexibility index (Phi) is 8.78. The summed E-state index contributed by atoms with van der Waals surface area (Å²) in [5.41, 5.74) is 0.728. The molecule has 10 heteroatoms. The summed E-state index contributed by atoms with van der Waals surface area (Å²) in [5, 5.41) is 0.229. The molecule has 0 aromatic heterocycles. The van der Waals surface area contributed by atoms with Crippen molar-refractivity contribution in [1.82, 2.24) is 9.62 Å². The lowest BCUT2D eigenvalue weighted by atomic mass is 10.1. The second-order valence-corrected chi connectivity index (χ2v) is 9.86. The highest BCUT2D eigenvalue weighted by Gasteiger charge is 2.29. The maximum absolute atomic E-state index is 13.1. The van der Waals surface area contributed by atoms with Crippen LogP contribution in [0.2, 0.25) is 10.0 Å². The zero-order valence-electron chi connectivity index (χ0n) is 15.9. The fourth-order valence-electron chi connectivity index (χ4n) is 2.61. The van der Waals surface area contributed by atoms with Gasteiger partial charge in [0.05, 0.1) is 5.02 Å². The summed E-state index contributed by atoms with van der Waals surface area (Å²) < 4.78 is 41.2. The van der Waals surface area contributed by atoms with E-state index >= 15 is 0 Å². The first kappa shape index (κ1) is 24.0. The molecular formula is C19H21Cl2FN2O3S2. The lowest BCUT2D eigenvalue weighted by molar-refractivity contribution is -0.132. The minimum absolute atomic E-state index is 0.0117. The van der Waals surface area contributed by atoms with Crippen molar-refractivity contribution >= 4 is 50.9 Å². The lowest BCUT2D eigenvalue weighted by Gasteiger charge is -2.25. The van der Waals surface area contributed by atoms with Gasteiger partial charge in [0.25, 0.3) is 0 Å². The number of nitrogens with one attached hydrogen (secondary N) is 1. The number of carbonyl (C=O) groups excluding carboxylic acids is 1. The monoisotopic (exact) mass is 478 g/mol. The van der Waals surface area contributed by atoms with Gasteiger partial charge in [-0.15, -0.1) is 0 Å². The van der Waals surface area contributed by atoms with Crippen LogP contribution in [0.4, 0.5) is 4.39 Å². The molecule has 0 spiro atoms. The second-order valence-electron chi connectivity index (χ2n) is 6.35. The molecule has 1 N–H and O–H groups in total. The van der Waals surface area contributed by atoms with Crippen molar-refractivity contribution in [3.63, 3.8) is 0 Å². The molecule has 0 aliphatic carbocycles. The molecule has 0 bridgehead atoms. The van der Waals surface area contributed by atoms with Gasteiger partial charge >= 0.3 is 0 Å². The molecule has 0 aliphatic heterocycles. The smallest absolute Gasteiger partial charge is 0.242 e. The molecule has 0 saturated carbocycles. The van der Waals surface area contributed by atoms with Gasteiger partial charge in [-0.2, -0.15) is 16.5 Å². The topological polar surface area (TPSA) is 66.5 Å². The lowest BCUT2D eigenvalue weighted by Crippen LogP contribution is -2.47. The highest BCUT2D eigenvalue weighted by molar-refractivity contribution is 7.98. The zero-order chi connectivity index (χ0) is 21.6. The average molecular weight is 479 g/mol. The molecule has 0 heterocycles. The van der Waals surface area contributed by atoms with E-state index in [1.165, 1.54) is 47.0 Å². The van der Waals surface area contributed by atoms with Gasteiger partial charge in [-0.05, 0) is 54.3 Å². The van der Waals surface area contributed by atoms with Crippen LogP contribution in [0.5, 0.6) is 0 Å². The number of hydrogen-bond donors (Lipinski definition) is 1. The second kappa shape index (κ2) is 10.6. The van der Waals surface area contributed by atoms with Crippen molar-refractivity contribution in [2.75, 3.05) is 19.1 Å². The number of carbonyl (C=O) groups is 1. The number of amides is 1. The SMILES string of the molecule is CSCCC(NS(=O)(=O)c1cc(Cl)ccc1Cl)C(=O)N(C)Cc1ccc(F)cc1. The van der Waals surface area contributed by atoms with E-state index in [9.17, 15) is 17.6 Å². The predicted octanol–water partition coefficient (Wildman–Crippen LogP) is 4.19. The third-order valence-electron chi connectivity index (χ3n) is 4.10. The summed E-state index contributed by atoms with van der Waals surface area (Å²) >= 11 is 13.4. The van der Waals surface area contributed by atoms with Crippen molar-refractivity contribution in [1.29, 1.82) is 0 Å². The molecule has 2 aromatic carbocycles. The van der Waals surface area contributed by atoms with Crippen molar-refractivity contribution < 1.29 is 17.6 Å². The number of rotatable bonds is 9. The minimum atomic E-state index is -4.07. The molecule has 5 nitrogen and oxygen atoms in total. The summed E-state index contributed by atoms with van der Waals surface area (Å²) in [4.78, 5) is 14.2. The molecule has 1 unspecified atom stereocenters. The Morgan fingerprint density at radius 1 is 1.21 bits per heavy atom. The van der Waals surface area contributed by atoms with Gasteiger partial charge < -0.3 is 4.90 Å². The quantitative estimate of drug-likeness (QED) is 0.586. The van der Waals surface area contributed by atoms with E-state index in [-0.39, 0.29) is 27.3 Å². The molecule has 0 radical (unpaired) electrons. The molecular weight excluding hydrogens is 458 g/mol. The highest BCUT2D eigenvalue weighted by atomic mass is 35.5. The van der Waals surface area contributed by atoms with Crippen molar-refractivity contribution in [3.8, 4) is 0 Å². The van der Waals surface area contributed by atoms with E-state index in [0.717, 1.165) is 5.56 Å². The Morgan fingerprint density at radius 2 is 1.86 bits per heavy atom. The van der Waals surface area contributed by atoms with Gasteiger partial charge in [0, 0.05) is 18.6 Å².